The minimum atomic E-state index is -4.74. The summed E-state index contributed by atoms with van der Waals surface area (Å²) in [7, 11) is 0. The van der Waals surface area contributed by atoms with E-state index >= 15 is 0 Å². The Hall–Kier alpha value is -1.83. The number of nitro benzene ring substituents is 1. The Bertz CT molecular complexity index is 553. The standard InChI is InChI=1S/C14H18F3N3O2/c1-10(2)18-6-8-19(9-7-18)12-5-3-4-11(14(15,16)17)13(12)20(21)22/h3-5,10H,6-9H2,1-2H3. The lowest BCUT2D eigenvalue weighted by Gasteiger charge is -2.38. The molecule has 0 radical (unpaired) electrons. The van der Waals surface area contributed by atoms with Gasteiger partial charge in [0.2, 0.25) is 0 Å². The average Bonchev–Trinajstić information content (AvgIpc) is 2.45. The van der Waals surface area contributed by atoms with E-state index in [1.807, 2.05) is 13.8 Å². The van der Waals surface area contributed by atoms with Crippen LogP contribution in [0.3, 0.4) is 0 Å². The highest BCUT2D eigenvalue weighted by atomic mass is 19.4. The van der Waals surface area contributed by atoms with Crippen LogP contribution in [0.2, 0.25) is 0 Å². The summed E-state index contributed by atoms with van der Waals surface area (Å²) in [6, 6.07) is 3.71. The van der Waals surface area contributed by atoms with Crippen molar-refractivity contribution in [3.8, 4) is 0 Å². The topological polar surface area (TPSA) is 49.6 Å². The molecule has 0 amide bonds. The third-order valence-corrected chi connectivity index (χ3v) is 3.89. The van der Waals surface area contributed by atoms with Crippen molar-refractivity contribution in [2.24, 2.45) is 0 Å². The number of nitro groups is 1. The van der Waals surface area contributed by atoms with Gasteiger partial charge in [-0.1, -0.05) is 6.07 Å². The van der Waals surface area contributed by atoms with Gasteiger partial charge < -0.3 is 4.90 Å². The summed E-state index contributed by atoms with van der Waals surface area (Å²) >= 11 is 0. The van der Waals surface area contributed by atoms with Crippen molar-refractivity contribution in [2.75, 3.05) is 31.1 Å². The number of benzene rings is 1. The largest absolute Gasteiger partial charge is 0.423 e. The van der Waals surface area contributed by atoms with Crippen LogP contribution in [0.5, 0.6) is 0 Å². The molecule has 8 heteroatoms. The third-order valence-electron chi connectivity index (χ3n) is 3.89. The van der Waals surface area contributed by atoms with E-state index in [1.165, 1.54) is 12.1 Å². The highest BCUT2D eigenvalue weighted by Crippen LogP contribution is 2.41. The van der Waals surface area contributed by atoms with Crippen LogP contribution in [0.1, 0.15) is 19.4 Å². The van der Waals surface area contributed by atoms with Gasteiger partial charge in [-0.2, -0.15) is 13.2 Å². The smallest absolute Gasteiger partial charge is 0.363 e. The molecular weight excluding hydrogens is 299 g/mol. The van der Waals surface area contributed by atoms with Gasteiger partial charge in [-0.05, 0) is 26.0 Å². The maximum absolute atomic E-state index is 13.0. The Kier molecular flexibility index (Phi) is 4.60. The monoisotopic (exact) mass is 317 g/mol. The molecule has 0 unspecified atom stereocenters. The average molecular weight is 317 g/mol. The van der Waals surface area contributed by atoms with E-state index in [-0.39, 0.29) is 5.69 Å². The Morgan fingerprint density at radius 2 is 1.77 bits per heavy atom. The van der Waals surface area contributed by atoms with E-state index in [1.54, 1.807) is 4.90 Å². The molecular formula is C14H18F3N3O2. The van der Waals surface area contributed by atoms with Gasteiger partial charge in [0, 0.05) is 32.2 Å². The molecule has 1 saturated heterocycles. The second-order valence-electron chi connectivity index (χ2n) is 5.54. The lowest BCUT2D eigenvalue weighted by molar-refractivity contribution is -0.387. The lowest BCUT2D eigenvalue weighted by Crippen LogP contribution is -2.49. The number of nitrogens with zero attached hydrogens (tertiary/aromatic N) is 3. The van der Waals surface area contributed by atoms with Gasteiger partial charge in [-0.15, -0.1) is 0 Å². The van der Waals surface area contributed by atoms with Crippen LogP contribution in [-0.4, -0.2) is 42.0 Å². The fraction of sp³-hybridized carbons (Fsp3) is 0.571. The molecule has 1 aliphatic heterocycles. The van der Waals surface area contributed by atoms with Gasteiger partial charge in [-0.3, -0.25) is 15.0 Å². The number of alkyl halides is 3. The minimum absolute atomic E-state index is 0.0447. The Morgan fingerprint density at radius 1 is 1.18 bits per heavy atom. The van der Waals surface area contributed by atoms with Crippen LogP contribution >= 0.6 is 0 Å². The zero-order chi connectivity index (χ0) is 16.5. The van der Waals surface area contributed by atoms with E-state index < -0.39 is 22.4 Å². The summed E-state index contributed by atoms with van der Waals surface area (Å²) in [5.74, 6) is 0. The Labute approximate surface area is 126 Å². The van der Waals surface area contributed by atoms with Gasteiger partial charge in [0.05, 0.1) is 4.92 Å². The number of anilines is 1. The summed E-state index contributed by atoms with van der Waals surface area (Å²) in [5, 5.41) is 11.2. The van der Waals surface area contributed by atoms with Crippen LogP contribution in [-0.2, 0) is 6.18 Å². The molecule has 1 aromatic rings. The van der Waals surface area contributed by atoms with Crippen molar-refractivity contribution in [3.63, 3.8) is 0 Å². The normalized spacial score (nSPS) is 17.1. The fourth-order valence-corrected chi connectivity index (χ4v) is 2.69. The van der Waals surface area contributed by atoms with E-state index in [4.69, 9.17) is 0 Å². The molecule has 0 bridgehead atoms. The van der Waals surface area contributed by atoms with Gasteiger partial charge in [0.1, 0.15) is 11.3 Å². The van der Waals surface area contributed by atoms with Gasteiger partial charge in [0.25, 0.3) is 0 Å². The first-order chi connectivity index (χ1) is 10.2. The predicted molar refractivity (Wildman–Crippen MR) is 77.0 cm³/mol. The van der Waals surface area contributed by atoms with Crippen LogP contribution in [0, 0.1) is 10.1 Å². The molecule has 0 N–H and O–H groups in total. The van der Waals surface area contributed by atoms with Gasteiger partial charge in [-0.25, -0.2) is 0 Å². The molecule has 0 aromatic heterocycles. The first-order valence-corrected chi connectivity index (χ1v) is 7.05. The molecule has 0 spiro atoms. The molecule has 1 aliphatic rings. The van der Waals surface area contributed by atoms with Crippen molar-refractivity contribution in [1.82, 2.24) is 4.90 Å². The summed E-state index contributed by atoms with van der Waals surface area (Å²) in [4.78, 5) is 14.1. The van der Waals surface area contributed by atoms with E-state index in [0.29, 0.717) is 32.2 Å². The van der Waals surface area contributed by atoms with Gasteiger partial charge in [0.15, 0.2) is 0 Å². The molecule has 22 heavy (non-hydrogen) atoms. The highest BCUT2D eigenvalue weighted by Gasteiger charge is 2.40. The lowest BCUT2D eigenvalue weighted by atomic mass is 10.1. The van der Waals surface area contributed by atoms with Crippen LogP contribution < -0.4 is 4.90 Å². The number of para-hydroxylation sites is 1. The quantitative estimate of drug-likeness (QED) is 0.635. The summed E-state index contributed by atoms with van der Waals surface area (Å²) < 4.78 is 39.0. The van der Waals surface area contributed by atoms with Crippen molar-refractivity contribution >= 4 is 11.4 Å². The molecule has 1 fully saturated rings. The molecule has 2 rings (SSSR count). The Balaban J connectivity index is 2.34. The molecule has 1 aromatic carbocycles. The number of rotatable bonds is 3. The number of halogens is 3. The number of piperazine rings is 1. The molecule has 122 valence electrons. The Morgan fingerprint density at radius 3 is 2.23 bits per heavy atom. The minimum Gasteiger partial charge on any atom is -0.363 e. The summed E-state index contributed by atoms with van der Waals surface area (Å²) in [6.07, 6.45) is -4.74. The SMILES string of the molecule is CC(C)N1CCN(c2cccc(C(F)(F)F)c2[N+](=O)[O-])CC1. The van der Waals surface area contributed by atoms with Gasteiger partial charge >= 0.3 is 11.9 Å². The number of hydrogen-bond acceptors (Lipinski definition) is 4. The molecule has 0 aliphatic carbocycles. The summed E-state index contributed by atoms with van der Waals surface area (Å²) in [5.41, 5.74) is -2.00. The molecule has 1 heterocycles. The maximum atomic E-state index is 13.0. The van der Waals surface area contributed by atoms with Crippen molar-refractivity contribution in [1.29, 1.82) is 0 Å². The molecule has 0 saturated carbocycles. The predicted octanol–water partition coefficient (Wildman–Crippen LogP) is 3.14. The third kappa shape index (κ3) is 3.32. The van der Waals surface area contributed by atoms with E-state index in [0.717, 1.165) is 6.07 Å². The highest BCUT2D eigenvalue weighted by molar-refractivity contribution is 5.67. The zero-order valence-corrected chi connectivity index (χ0v) is 12.4. The number of hydrogen-bond donors (Lipinski definition) is 0. The van der Waals surface area contributed by atoms with Crippen LogP contribution in [0.25, 0.3) is 0 Å². The van der Waals surface area contributed by atoms with Crippen molar-refractivity contribution < 1.29 is 18.1 Å². The van der Waals surface area contributed by atoms with E-state index in [2.05, 4.69) is 4.90 Å². The zero-order valence-electron chi connectivity index (χ0n) is 12.4. The fourth-order valence-electron chi connectivity index (χ4n) is 2.69. The van der Waals surface area contributed by atoms with Crippen molar-refractivity contribution in [3.05, 3.63) is 33.9 Å². The second kappa shape index (κ2) is 6.12. The molecule has 5 nitrogen and oxygen atoms in total. The summed E-state index contributed by atoms with van der Waals surface area (Å²) in [6.45, 7) is 6.38. The van der Waals surface area contributed by atoms with Crippen LogP contribution in [0.15, 0.2) is 18.2 Å². The second-order valence-corrected chi connectivity index (χ2v) is 5.54. The van der Waals surface area contributed by atoms with Crippen LogP contribution in [0.4, 0.5) is 24.5 Å². The first kappa shape index (κ1) is 16.5. The van der Waals surface area contributed by atoms with Crippen molar-refractivity contribution in [2.45, 2.75) is 26.1 Å². The maximum Gasteiger partial charge on any atom is 0.423 e. The first-order valence-electron chi connectivity index (χ1n) is 7.05. The molecule has 0 atom stereocenters. The van der Waals surface area contributed by atoms with E-state index in [9.17, 15) is 23.3 Å².